The number of methoxy groups -OCH3 is 1. The second-order valence-electron chi connectivity index (χ2n) is 3.20. The first-order chi connectivity index (χ1) is 7.77. The molecule has 1 aromatic carbocycles. The van der Waals surface area contributed by atoms with E-state index in [1.54, 1.807) is 7.11 Å². The molecule has 1 heterocycles. The topological polar surface area (TPSA) is 59.0 Å². The van der Waals surface area contributed by atoms with Crippen LogP contribution in [0.2, 0.25) is 0 Å². The van der Waals surface area contributed by atoms with Crippen molar-refractivity contribution in [3.05, 3.63) is 35.2 Å². The van der Waals surface area contributed by atoms with E-state index in [1.165, 1.54) is 11.3 Å². The summed E-state index contributed by atoms with van der Waals surface area (Å²) in [6.45, 7) is 0. The van der Waals surface area contributed by atoms with Crippen LogP contribution in [0.3, 0.4) is 0 Å². The number of nitrogens with two attached hydrogens (primary N) is 1. The Kier molecular flexibility index (Phi) is 2.80. The van der Waals surface area contributed by atoms with Crippen molar-refractivity contribution >= 4 is 16.3 Å². The van der Waals surface area contributed by atoms with Gasteiger partial charge in [0.2, 0.25) is 0 Å². The number of para-hydroxylation sites is 1. The first-order valence-corrected chi connectivity index (χ1v) is 5.56. The van der Waals surface area contributed by atoms with Crippen LogP contribution in [-0.2, 0) is 0 Å². The van der Waals surface area contributed by atoms with Crippen molar-refractivity contribution < 1.29 is 4.74 Å². The maximum absolute atomic E-state index is 9.05. The number of ether oxygens (including phenoxy) is 1. The van der Waals surface area contributed by atoms with Gasteiger partial charge in [-0.1, -0.05) is 18.2 Å². The zero-order chi connectivity index (χ0) is 11.5. The molecule has 1 aromatic heterocycles. The number of nitrogens with zero attached hydrogens (tertiary/aromatic N) is 1. The van der Waals surface area contributed by atoms with Gasteiger partial charge >= 0.3 is 0 Å². The summed E-state index contributed by atoms with van der Waals surface area (Å²) in [7, 11) is 1.61. The summed E-state index contributed by atoms with van der Waals surface area (Å²) in [4.78, 5) is 0. The van der Waals surface area contributed by atoms with Crippen molar-refractivity contribution in [2.24, 2.45) is 0 Å². The molecule has 2 aromatic rings. The standard InChI is InChI=1S/C12H10N2OS/c1-15-11-5-3-2-4-8(11)10-7-16-12(14)9(10)6-13/h2-5,7H,14H2,1H3. The maximum Gasteiger partial charge on any atom is 0.126 e. The highest BCUT2D eigenvalue weighted by Gasteiger charge is 2.13. The minimum absolute atomic E-state index is 0.523. The van der Waals surface area contributed by atoms with Crippen LogP contribution in [0.15, 0.2) is 29.6 Å². The molecule has 4 heteroatoms. The van der Waals surface area contributed by atoms with Crippen LogP contribution in [0.1, 0.15) is 5.56 Å². The quantitative estimate of drug-likeness (QED) is 0.863. The van der Waals surface area contributed by atoms with E-state index < -0.39 is 0 Å². The van der Waals surface area contributed by atoms with E-state index in [0.717, 1.165) is 16.9 Å². The Hall–Kier alpha value is -1.99. The van der Waals surface area contributed by atoms with Gasteiger partial charge in [0.25, 0.3) is 0 Å². The molecule has 0 radical (unpaired) electrons. The van der Waals surface area contributed by atoms with E-state index >= 15 is 0 Å². The highest BCUT2D eigenvalue weighted by molar-refractivity contribution is 7.14. The van der Waals surface area contributed by atoms with Gasteiger partial charge in [-0.3, -0.25) is 0 Å². The van der Waals surface area contributed by atoms with Crippen molar-refractivity contribution in [1.29, 1.82) is 5.26 Å². The van der Waals surface area contributed by atoms with E-state index in [0.29, 0.717) is 10.6 Å². The molecule has 0 spiro atoms. The largest absolute Gasteiger partial charge is 0.496 e. The number of benzene rings is 1. The molecule has 0 atom stereocenters. The molecule has 0 aliphatic heterocycles. The van der Waals surface area contributed by atoms with E-state index in [1.807, 2.05) is 29.6 Å². The Labute approximate surface area is 97.7 Å². The number of hydrogen-bond donors (Lipinski definition) is 1. The summed E-state index contributed by atoms with van der Waals surface area (Å²) in [5.74, 6) is 0.747. The smallest absolute Gasteiger partial charge is 0.126 e. The molecule has 3 nitrogen and oxygen atoms in total. The monoisotopic (exact) mass is 230 g/mol. The fraction of sp³-hybridized carbons (Fsp3) is 0.0833. The molecule has 0 saturated carbocycles. The average Bonchev–Trinajstić information content (AvgIpc) is 2.70. The molecular formula is C12H10N2OS. The molecule has 0 fully saturated rings. The van der Waals surface area contributed by atoms with Gasteiger partial charge in [0.1, 0.15) is 16.8 Å². The summed E-state index contributed by atoms with van der Waals surface area (Å²) in [5, 5.41) is 11.5. The predicted octanol–water partition coefficient (Wildman–Crippen LogP) is 2.88. The third kappa shape index (κ3) is 1.62. The Morgan fingerprint density at radius 1 is 1.31 bits per heavy atom. The van der Waals surface area contributed by atoms with Crippen LogP contribution in [0.4, 0.5) is 5.00 Å². The van der Waals surface area contributed by atoms with Crippen molar-refractivity contribution in [3.63, 3.8) is 0 Å². The molecule has 80 valence electrons. The normalized spacial score (nSPS) is 9.75. The highest BCUT2D eigenvalue weighted by Crippen LogP contribution is 2.37. The van der Waals surface area contributed by atoms with Gasteiger partial charge in [-0.15, -0.1) is 11.3 Å². The van der Waals surface area contributed by atoms with E-state index in [2.05, 4.69) is 6.07 Å². The number of hydrogen-bond acceptors (Lipinski definition) is 4. The van der Waals surface area contributed by atoms with Gasteiger partial charge in [0, 0.05) is 16.5 Å². The molecule has 2 rings (SSSR count). The van der Waals surface area contributed by atoms with Gasteiger partial charge in [-0.05, 0) is 6.07 Å². The molecule has 0 bridgehead atoms. The fourth-order valence-electron chi connectivity index (χ4n) is 1.55. The summed E-state index contributed by atoms with van der Waals surface area (Å²) in [6, 6.07) is 9.71. The molecule has 0 amide bonds. The second kappa shape index (κ2) is 4.25. The minimum atomic E-state index is 0.523. The summed E-state index contributed by atoms with van der Waals surface area (Å²) in [6.07, 6.45) is 0. The molecule has 16 heavy (non-hydrogen) atoms. The Morgan fingerprint density at radius 3 is 2.75 bits per heavy atom. The van der Waals surface area contributed by atoms with Crippen LogP contribution in [0, 0.1) is 11.3 Å². The lowest BCUT2D eigenvalue weighted by atomic mass is 10.0. The van der Waals surface area contributed by atoms with Crippen molar-refractivity contribution in [3.8, 4) is 22.9 Å². The van der Waals surface area contributed by atoms with Crippen molar-refractivity contribution in [2.75, 3.05) is 12.8 Å². The summed E-state index contributed by atoms with van der Waals surface area (Å²) >= 11 is 1.37. The van der Waals surface area contributed by atoms with E-state index in [9.17, 15) is 0 Å². The van der Waals surface area contributed by atoms with Gasteiger partial charge in [0.05, 0.1) is 12.7 Å². The van der Waals surface area contributed by atoms with Crippen molar-refractivity contribution in [2.45, 2.75) is 0 Å². The lowest BCUT2D eigenvalue weighted by Crippen LogP contribution is -1.89. The molecule has 0 aliphatic rings. The van der Waals surface area contributed by atoms with Gasteiger partial charge in [-0.2, -0.15) is 5.26 Å². The Morgan fingerprint density at radius 2 is 2.06 bits per heavy atom. The molecule has 0 saturated heterocycles. The number of rotatable bonds is 2. The molecule has 2 N–H and O–H groups in total. The Balaban J connectivity index is 2.64. The zero-order valence-corrected chi connectivity index (χ0v) is 9.54. The Bertz CT molecular complexity index is 554. The lowest BCUT2D eigenvalue weighted by Gasteiger charge is -2.06. The number of nitrogen functional groups attached to an aromatic ring is 1. The second-order valence-corrected chi connectivity index (χ2v) is 4.11. The highest BCUT2D eigenvalue weighted by atomic mass is 32.1. The first kappa shape index (κ1) is 10.5. The third-order valence-corrected chi connectivity index (χ3v) is 3.14. The average molecular weight is 230 g/mol. The van der Waals surface area contributed by atoms with Gasteiger partial charge in [0.15, 0.2) is 0 Å². The van der Waals surface area contributed by atoms with Gasteiger partial charge < -0.3 is 10.5 Å². The maximum atomic E-state index is 9.05. The number of nitriles is 1. The zero-order valence-electron chi connectivity index (χ0n) is 8.73. The minimum Gasteiger partial charge on any atom is -0.496 e. The lowest BCUT2D eigenvalue weighted by molar-refractivity contribution is 0.416. The van der Waals surface area contributed by atoms with Crippen LogP contribution < -0.4 is 10.5 Å². The predicted molar refractivity (Wildman–Crippen MR) is 65.4 cm³/mol. The number of thiophene rings is 1. The van der Waals surface area contributed by atoms with Crippen LogP contribution >= 0.6 is 11.3 Å². The summed E-state index contributed by atoms with van der Waals surface area (Å²) in [5.41, 5.74) is 7.99. The van der Waals surface area contributed by atoms with E-state index in [4.69, 9.17) is 15.7 Å². The third-order valence-electron chi connectivity index (χ3n) is 2.33. The van der Waals surface area contributed by atoms with Crippen LogP contribution in [-0.4, -0.2) is 7.11 Å². The SMILES string of the molecule is COc1ccccc1-c1csc(N)c1C#N. The fourth-order valence-corrected chi connectivity index (χ4v) is 2.32. The van der Waals surface area contributed by atoms with Crippen LogP contribution in [0.25, 0.3) is 11.1 Å². The summed E-state index contributed by atoms with van der Waals surface area (Å²) < 4.78 is 5.26. The molecular weight excluding hydrogens is 220 g/mol. The van der Waals surface area contributed by atoms with Gasteiger partial charge in [-0.25, -0.2) is 0 Å². The molecule has 0 unspecified atom stereocenters. The first-order valence-electron chi connectivity index (χ1n) is 4.68. The number of anilines is 1. The van der Waals surface area contributed by atoms with E-state index in [-0.39, 0.29) is 0 Å². The van der Waals surface area contributed by atoms with Crippen LogP contribution in [0.5, 0.6) is 5.75 Å². The van der Waals surface area contributed by atoms with Crippen molar-refractivity contribution in [1.82, 2.24) is 0 Å². The molecule has 0 aliphatic carbocycles.